The third-order valence-corrected chi connectivity index (χ3v) is 4.82. The molecule has 0 heterocycles. The maximum Gasteiger partial charge on any atom is 0.136 e. The van der Waals surface area contributed by atoms with Gasteiger partial charge >= 0.3 is 0 Å². The van der Waals surface area contributed by atoms with Crippen LogP contribution in [0.15, 0.2) is 0 Å². The van der Waals surface area contributed by atoms with Crippen LogP contribution in [0.2, 0.25) is 0 Å². The van der Waals surface area contributed by atoms with E-state index in [-0.39, 0.29) is 5.92 Å². The molecule has 3 unspecified atom stereocenters. The van der Waals surface area contributed by atoms with Gasteiger partial charge in [0.2, 0.25) is 0 Å². The highest BCUT2D eigenvalue weighted by Crippen LogP contribution is 2.38. The third-order valence-electron chi connectivity index (χ3n) is 4.82. The lowest BCUT2D eigenvalue weighted by molar-refractivity contribution is -0.125. The van der Waals surface area contributed by atoms with Crippen LogP contribution in [0.25, 0.3) is 0 Å². The van der Waals surface area contributed by atoms with Crippen molar-refractivity contribution >= 4 is 5.78 Å². The molecule has 0 bridgehead atoms. The van der Waals surface area contributed by atoms with Crippen LogP contribution in [0.4, 0.5) is 0 Å². The number of unbranched alkanes of at least 4 members (excludes halogenated alkanes) is 3. The molecule has 0 aromatic rings. The Morgan fingerprint density at radius 2 is 1.85 bits per heavy atom. The summed E-state index contributed by atoms with van der Waals surface area (Å²) in [5.41, 5.74) is 0. The summed E-state index contributed by atoms with van der Waals surface area (Å²) in [6.45, 7) is 7.55. The van der Waals surface area contributed by atoms with Crippen LogP contribution in [0.5, 0.6) is 0 Å². The zero-order valence-electron chi connectivity index (χ0n) is 14.0. The van der Waals surface area contributed by atoms with E-state index in [1.54, 1.807) is 7.11 Å². The minimum absolute atomic E-state index is 0.269. The standard InChI is InChI=1S/C18H34O2/c1-14(2)9-7-5-6-8-10-17(19)18-15(3)11-12-16(18)13-20-4/h14-16,18H,5-13H2,1-4H3. The van der Waals surface area contributed by atoms with E-state index in [9.17, 15) is 4.79 Å². The number of hydrogen-bond donors (Lipinski definition) is 0. The van der Waals surface area contributed by atoms with Crippen LogP contribution in [0.3, 0.4) is 0 Å². The Morgan fingerprint density at radius 3 is 2.50 bits per heavy atom. The van der Waals surface area contributed by atoms with Gasteiger partial charge in [-0.2, -0.15) is 0 Å². The first-order valence-corrected chi connectivity index (χ1v) is 8.57. The number of Topliss-reactive ketones (excluding diaryl/α,β-unsaturated/α-hetero) is 1. The lowest BCUT2D eigenvalue weighted by Gasteiger charge is -2.21. The molecule has 0 spiro atoms. The highest BCUT2D eigenvalue weighted by atomic mass is 16.5. The second-order valence-electron chi connectivity index (χ2n) is 7.11. The SMILES string of the molecule is COCC1CCC(C)C1C(=O)CCCCCCC(C)C. The highest BCUT2D eigenvalue weighted by molar-refractivity contribution is 5.81. The van der Waals surface area contributed by atoms with Crippen LogP contribution in [-0.2, 0) is 9.53 Å². The minimum Gasteiger partial charge on any atom is -0.384 e. The molecule has 0 amide bonds. The van der Waals surface area contributed by atoms with Crippen molar-refractivity contribution in [2.24, 2.45) is 23.7 Å². The molecule has 1 rings (SSSR count). The van der Waals surface area contributed by atoms with Crippen molar-refractivity contribution < 1.29 is 9.53 Å². The molecule has 0 N–H and O–H groups in total. The average molecular weight is 282 g/mol. The Kier molecular flexibility index (Phi) is 8.44. The van der Waals surface area contributed by atoms with Crippen LogP contribution in [0.1, 0.15) is 72.1 Å². The van der Waals surface area contributed by atoms with Crippen LogP contribution in [0, 0.1) is 23.7 Å². The Labute approximate surface area is 125 Å². The molecule has 1 saturated carbocycles. The minimum atomic E-state index is 0.269. The molecule has 0 aromatic heterocycles. The Morgan fingerprint density at radius 1 is 1.15 bits per heavy atom. The molecule has 1 aliphatic carbocycles. The van der Waals surface area contributed by atoms with Gasteiger partial charge < -0.3 is 4.74 Å². The smallest absolute Gasteiger partial charge is 0.136 e. The topological polar surface area (TPSA) is 26.3 Å². The van der Waals surface area contributed by atoms with Gasteiger partial charge in [-0.25, -0.2) is 0 Å². The van der Waals surface area contributed by atoms with Gasteiger partial charge in [0, 0.05) is 26.1 Å². The zero-order chi connectivity index (χ0) is 15.0. The molecule has 118 valence electrons. The summed E-state index contributed by atoms with van der Waals surface area (Å²) in [5, 5.41) is 0. The van der Waals surface area contributed by atoms with Crippen molar-refractivity contribution in [2.75, 3.05) is 13.7 Å². The number of carbonyl (C=O) groups is 1. The van der Waals surface area contributed by atoms with Gasteiger partial charge in [0.15, 0.2) is 0 Å². The summed E-state index contributed by atoms with van der Waals surface area (Å²) in [4.78, 5) is 12.4. The van der Waals surface area contributed by atoms with E-state index in [0.29, 0.717) is 17.6 Å². The monoisotopic (exact) mass is 282 g/mol. The van der Waals surface area contributed by atoms with Gasteiger partial charge in [0.25, 0.3) is 0 Å². The molecule has 2 heteroatoms. The fourth-order valence-electron chi connectivity index (χ4n) is 3.65. The number of carbonyl (C=O) groups excluding carboxylic acids is 1. The highest BCUT2D eigenvalue weighted by Gasteiger charge is 2.37. The maximum atomic E-state index is 12.4. The molecule has 3 atom stereocenters. The Bertz CT molecular complexity index is 271. The van der Waals surface area contributed by atoms with Gasteiger partial charge in [-0.3, -0.25) is 4.79 Å². The van der Waals surface area contributed by atoms with Crippen molar-refractivity contribution in [3.05, 3.63) is 0 Å². The normalized spacial score (nSPS) is 26.4. The van der Waals surface area contributed by atoms with Gasteiger partial charge in [-0.05, 0) is 37.0 Å². The number of ether oxygens (including phenoxy) is 1. The summed E-state index contributed by atoms with van der Waals surface area (Å²) in [6.07, 6.45) is 9.37. The first-order valence-electron chi connectivity index (χ1n) is 8.57. The molecular weight excluding hydrogens is 248 g/mol. The lowest BCUT2D eigenvalue weighted by atomic mass is 9.85. The second kappa shape index (κ2) is 9.55. The molecule has 2 nitrogen and oxygen atoms in total. The Hall–Kier alpha value is -0.370. The van der Waals surface area contributed by atoms with E-state index >= 15 is 0 Å². The molecule has 0 saturated heterocycles. The molecule has 1 aliphatic rings. The molecule has 0 radical (unpaired) electrons. The van der Waals surface area contributed by atoms with Crippen LogP contribution >= 0.6 is 0 Å². The molecule has 0 aromatic carbocycles. The zero-order valence-corrected chi connectivity index (χ0v) is 14.0. The third kappa shape index (κ3) is 5.95. The van der Waals surface area contributed by atoms with E-state index in [0.717, 1.165) is 25.4 Å². The van der Waals surface area contributed by atoms with Crippen LogP contribution in [-0.4, -0.2) is 19.5 Å². The lowest BCUT2D eigenvalue weighted by Crippen LogP contribution is -2.26. The van der Waals surface area contributed by atoms with Gasteiger partial charge in [-0.15, -0.1) is 0 Å². The molecule has 1 fully saturated rings. The fourth-order valence-corrected chi connectivity index (χ4v) is 3.65. The molecule has 0 aliphatic heterocycles. The summed E-state index contributed by atoms with van der Waals surface area (Å²) in [5.74, 6) is 2.62. The maximum absolute atomic E-state index is 12.4. The van der Waals surface area contributed by atoms with E-state index in [1.165, 1.54) is 38.5 Å². The number of methoxy groups -OCH3 is 1. The van der Waals surface area contributed by atoms with Crippen molar-refractivity contribution in [1.29, 1.82) is 0 Å². The first kappa shape index (κ1) is 17.7. The summed E-state index contributed by atoms with van der Waals surface area (Å²) in [7, 11) is 1.75. The predicted molar refractivity (Wildman–Crippen MR) is 84.8 cm³/mol. The first-order chi connectivity index (χ1) is 9.56. The Balaban J connectivity index is 2.20. The van der Waals surface area contributed by atoms with Crippen molar-refractivity contribution in [3.8, 4) is 0 Å². The van der Waals surface area contributed by atoms with Crippen molar-refractivity contribution in [2.45, 2.75) is 72.1 Å². The van der Waals surface area contributed by atoms with Crippen molar-refractivity contribution in [1.82, 2.24) is 0 Å². The molecule has 20 heavy (non-hydrogen) atoms. The summed E-state index contributed by atoms with van der Waals surface area (Å²) in [6, 6.07) is 0. The average Bonchev–Trinajstić information content (AvgIpc) is 2.75. The van der Waals surface area contributed by atoms with Crippen LogP contribution < -0.4 is 0 Å². The summed E-state index contributed by atoms with van der Waals surface area (Å²) >= 11 is 0. The van der Waals surface area contributed by atoms with Gasteiger partial charge in [0.05, 0.1) is 0 Å². The summed E-state index contributed by atoms with van der Waals surface area (Å²) < 4.78 is 5.28. The van der Waals surface area contributed by atoms with E-state index in [4.69, 9.17) is 4.74 Å². The van der Waals surface area contributed by atoms with Gasteiger partial charge in [-0.1, -0.05) is 46.5 Å². The van der Waals surface area contributed by atoms with Crippen molar-refractivity contribution in [3.63, 3.8) is 0 Å². The second-order valence-corrected chi connectivity index (χ2v) is 7.11. The van der Waals surface area contributed by atoms with E-state index in [1.807, 2.05) is 0 Å². The molecular formula is C18H34O2. The number of hydrogen-bond acceptors (Lipinski definition) is 2. The largest absolute Gasteiger partial charge is 0.384 e. The predicted octanol–water partition coefficient (Wildman–Crippen LogP) is 4.86. The van der Waals surface area contributed by atoms with E-state index < -0.39 is 0 Å². The number of rotatable bonds is 10. The van der Waals surface area contributed by atoms with E-state index in [2.05, 4.69) is 20.8 Å². The fraction of sp³-hybridized carbons (Fsp3) is 0.944. The number of ketones is 1. The quantitative estimate of drug-likeness (QED) is 0.535. The van der Waals surface area contributed by atoms with Gasteiger partial charge in [0.1, 0.15) is 5.78 Å².